The number of anilines is 1. The predicted octanol–water partition coefficient (Wildman–Crippen LogP) is 2.86. The van der Waals surface area contributed by atoms with E-state index in [0.717, 1.165) is 49.7 Å². The van der Waals surface area contributed by atoms with Crippen molar-refractivity contribution in [1.82, 2.24) is 5.32 Å². The molecule has 1 aromatic carbocycles. The third kappa shape index (κ3) is 3.22. The maximum Gasteiger partial charge on any atom is 0.313 e. The van der Waals surface area contributed by atoms with Crippen molar-refractivity contribution in [1.29, 1.82) is 0 Å². The quantitative estimate of drug-likeness (QED) is 0.792. The van der Waals surface area contributed by atoms with Crippen molar-refractivity contribution in [3.63, 3.8) is 0 Å². The molecule has 146 valence electrons. The first kappa shape index (κ1) is 18.3. The predicted molar refractivity (Wildman–Crippen MR) is 94.8 cm³/mol. The number of hydrogen-bond donors (Lipinski definition) is 2. The van der Waals surface area contributed by atoms with E-state index in [1.807, 2.05) is 0 Å². The Bertz CT molecular complexity index is 740. The second kappa shape index (κ2) is 6.86. The summed E-state index contributed by atoms with van der Waals surface area (Å²) in [4.78, 5) is 24.3. The minimum Gasteiger partial charge on any atom is -0.376 e. The van der Waals surface area contributed by atoms with Crippen LogP contribution in [0, 0.1) is 35.3 Å². The summed E-state index contributed by atoms with van der Waals surface area (Å²) in [5, 5.41) is 4.87. The van der Waals surface area contributed by atoms with Gasteiger partial charge in [0.25, 0.3) is 0 Å². The molecule has 0 atom stereocenters. The molecule has 4 aliphatic carbocycles. The minimum atomic E-state index is -0.976. The summed E-state index contributed by atoms with van der Waals surface area (Å²) in [5.74, 6) is -1.18. The van der Waals surface area contributed by atoms with Crippen LogP contribution in [-0.2, 0) is 14.3 Å². The SMILES string of the molecule is COC1(CNC(=O)C(=O)Nc2ccc(F)cc2F)C2CC3CC(C2)CC1C3. The van der Waals surface area contributed by atoms with E-state index in [0.29, 0.717) is 17.9 Å². The number of hydrogen-bond acceptors (Lipinski definition) is 3. The van der Waals surface area contributed by atoms with Gasteiger partial charge < -0.3 is 15.4 Å². The molecule has 5 nitrogen and oxygen atoms in total. The van der Waals surface area contributed by atoms with E-state index in [9.17, 15) is 18.4 Å². The molecule has 4 saturated carbocycles. The van der Waals surface area contributed by atoms with E-state index < -0.39 is 29.0 Å². The molecule has 4 aliphatic rings. The van der Waals surface area contributed by atoms with Gasteiger partial charge in [-0.25, -0.2) is 8.78 Å². The highest BCUT2D eigenvalue weighted by atomic mass is 19.1. The molecular weight excluding hydrogens is 354 g/mol. The van der Waals surface area contributed by atoms with Gasteiger partial charge in [0.05, 0.1) is 11.3 Å². The van der Waals surface area contributed by atoms with Crippen molar-refractivity contribution < 1.29 is 23.1 Å². The van der Waals surface area contributed by atoms with Gasteiger partial charge >= 0.3 is 11.8 Å². The van der Waals surface area contributed by atoms with Gasteiger partial charge in [-0.15, -0.1) is 0 Å². The molecule has 27 heavy (non-hydrogen) atoms. The molecule has 2 N–H and O–H groups in total. The van der Waals surface area contributed by atoms with Gasteiger partial charge in [-0.3, -0.25) is 9.59 Å². The van der Waals surface area contributed by atoms with Crippen LogP contribution in [0.2, 0.25) is 0 Å². The lowest BCUT2D eigenvalue weighted by molar-refractivity contribution is -0.188. The zero-order valence-electron chi connectivity index (χ0n) is 15.3. The molecule has 0 heterocycles. The second-order valence-corrected chi connectivity index (χ2v) is 8.22. The average molecular weight is 378 g/mol. The summed E-state index contributed by atoms with van der Waals surface area (Å²) in [5.41, 5.74) is -0.655. The van der Waals surface area contributed by atoms with Gasteiger partial charge in [-0.05, 0) is 67.9 Å². The lowest BCUT2D eigenvalue weighted by atomic mass is 9.49. The van der Waals surface area contributed by atoms with Gasteiger partial charge in [0.15, 0.2) is 0 Å². The lowest BCUT2D eigenvalue weighted by Crippen LogP contribution is -2.63. The molecule has 0 saturated heterocycles. The first-order valence-corrected chi connectivity index (χ1v) is 9.50. The zero-order valence-corrected chi connectivity index (χ0v) is 15.3. The standard InChI is InChI=1S/C20H24F2N2O3/c1-27-20(13-5-11-4-12(7-13)8-14(20)6-11)10-23-18(25)19(26)24-17-3-2-15(21)9-16(17)22/h2-3,9,11-14H,4-8,10H2,1H3,(H,23,25)(H,24,26). The molecule has 0 aliphatic heterocycles. The first-order chi connectivity index (χ1) is 12.9. The van der Waals surface area contributed by atoms with Crippen LogP contribution in [0.5, 0.6) is 0 Å². The van der Waals surface area contributed by atoms with Crippen LogP contribution >= 0.6 is 0 Å². The fourth-order valence-corrected chi connectivity index (χ4v) is 5.74. The third-order valence-corrected chi connectivity index (χ3v) is 6.81. The number of carbonyl (C=O) groups is 2. The first-order valence-electron chi connectivity index (χ1n) is 9.50. The number of halogens is 2. The average Bonchev–Trinajstić information content (AvgIpc) is 2.63. The van der Waals surface area contributed by atoms with Crippen LogP contribution in [0.15, 0.2) is 18.2 Å². The number of amides is 2. The van der Waals surface area contributed by atoms with Crippen LogP contribution < -0.4 is 10.6 Å². The van der Waals surface area contributed by atoms with Crippen molar-refractivity contribution >= 4 is 17.5 Å². The van der Waals surface area contributed by atoms with Gasteiger partial charge in [0.2, 0.25) is 0 Å². The number of nitrogens with one attached hydrogen (secondary N) is 2. The smallest absolute Gasteiger partial charge is 0.313 e. The van der Waals surface area contributed by atoms with E-state index in [1.54, 1.807) is 7.11 Å². The summed E-state index contributed by atoms with van der Waals surface area (Å²) in [6, 6.07) is 2.76. The summed E-state index contributed by atoms with van der Waals surface area (Å²) in [6.45, 7) is 0.274. The second-order valence-electron chi connectivity index (χ2n) is 8.22. The van der Waals surface area contributed by atoms with Crippen LogP contribution in [0.25, 0.3) is 0 Å². The Morgan fingerprint density at radius 3 is 2.26 bits per heavy atom. The number of methoxy groups -OCH3 is 1. The van der Waals surface area contributed by atoms with Crippen LogP contribution in [0.4, 0.5) is 14.5 Å². The van der Waals surface area contributed by atoms with Crippen molar-refractivity contribution in [2.24, 2.45) is 23.7 Å². The molecule has 0 aromatic heterocycles. The Morgan fingerprint density at radius 1 is 1.07 bits per heavy atom. The molecular formula is C20H24F2N2O3. The van der Waals surface area contributed by atoms with E-state index in [2.05, 4.69) is 10.6 Å². The van der Waals surface area contributed by atoms with Crippen LogP contribution in [0.1, 0.15) is 32.1 Å². The van der Waals surface area contributed by atoms with Crippen LogP contribution in [0.3, 0.4) is 0 Å². The highest BCUT2D eigenvalue weighted by molar-refractivity contribution is 6.39. The van der Waals surface area contributed by atoms with Gasteiger partial charge in [-0.1, -0.05) is 0 Å². The van der Waals surface area contributed by atoms with Crippen molar-refractivity contribution in [3.8, 4) is 0 Å². The number of carbonyl (C=O) groups excluding carboxylic acids is 2. The molecule has 0 radical (unpaired) electrons. The molecule has 2 amide bonds. The molecule has 1 aromatic rings. The highest BCUT2D eigenvalue weighted by Crippen LogP contribution is 2.59. The Kier molecular flexibility index (Phi) is 4.66. The highest BCUT2D eigenvalue weighted by Gasteiger charge is 2.57. The largest absolute Gasteiger partial charge is 0.376 e. The third-order valence-electron chi connectivity index (χ3n) is 6.81. The van der Waals surface area contributed by atoms with E-state index in [1.165, 1.54) is 6.42 Å². The Morgan fingerprint density at radius 2 is 1.70 bits per heavy atom. The van der Waals surface area contributed by atoms with Gasteiger partial charge in [0.1, 0.15) is 11.6 Å². The minimum absolute atomic E-state index is 0.229. The molecule has 7 heteroatoms. The number of benzene rings is 1. The van der Waals surface area contributed by atoms with E-state index in [4.69, 9.17) is 4.74 Å². The number of rotatable bonds is 4. The Hall–Kier alpha value is -2.02. The van der Waals surface area contributed by atoms with E-state index in [-0.39, 0.29) is 12.2 Å². The van der Waals surface area contributed by atoms with Crippen molar-refractivity contribution in [2.75, 3.05) is 19.0 Å². The summed E-state index contributed by atoms with van der Waals surface area (Å²) < 4.78 is 32.6. The van der Waals surface area contributed by atoms with Crippen molar-refractivity contribution in [3.05, 3.63) is 29.8 Å². The van der Waals surface area contributed by atoms with Gasteiger partial charge in [0, 0.05) is 19.7 Å². The van der Waals surface area contributed by atoms with Gasteiger partial charge in [-0.2, -0.15) is 0 Å². The van der Waals surface area contributed by atoms with Crippen LogP contribution in [-0.4, -0.2) is 31.1 Å². The topological polar surface area (TPSA) is 67.4 Å². The molecule has 0 spiro atoms. The summed E-state index contributed by atoms with van der Waals surface area (Å²) in [6.07, 6.45) is 5.77. The molecule has 0 unspecified atom stereocenters. The Labute approximate surface area is 156 Å². The maximum absolute atomic E-state index is 13.7. The molecule has 4 fully saturated rings. The Balaban J connectivity index is 1.40. The summed E-state index contributed by atoms with van der Waals surface area (Å²) >= 11 is 0. The molecule has 4 bridgehead atoms. The molecule has 5 rings (SSSR count). The normalized spacial score (nSPS) is 33.7. The van der Waals surface area contributed by atoms with Crippen molar-refractivity contribution in [2.45, 2.75) is 37.7 Å². The van der Waals surface area contributed by atoms with E-state index >= 15 is 0 Å². The monoisotopic (exact) mass is 378 g/mol. The lowest BCUT2D eigenvalue weighted by Gasteiger charge is -2.60. The fourth-order valence-electron chi connectivity index (χ4n) is 5.74. The zero-order chi connectivity index (χ0) is 19.2. The maximum atomic E-state index is 13.7. The summed E-state index contributed by atoms with van der Waals surface area (Å²) in [7, 11) is 1.68. The number of ether oxygens (including phenoxy) is 1. The fraction of sp³-hybridized carbons (Fsp3) is 0.600.